The Morgan fingerprint density at radius 2 is 2.00 bits per heavy atom. The number of amidine groups is 1. The van der Waals surface area contributed by atoms with E-state index in [4.69, 9.17) is 11.6 Å². The third-order valence-electron chi connectivity index (χ3n) is 2.00. The largest absolute Gasteiger partial charge is 0.369 e. The van der Waals surface area contributed by atoms with Crippen LogP contribution in [0.5, 0.6) is 0 Å². The molecule has 0 atom stereocenters. The van der Waals surface area contributed by atoms with Crippen LogP contribution < -0.4 is 5.32 Å². The Morgan fingerprint density at radius 1 is 1.21 bits per heavy atom. The van der Waals surface area contributed by atoms with E-state index in [2.05, 4.69) is 10.3 Å². The van der Waals surface area contributed by atoms with E-state index >= 15 is 0 Å². The number of aliphatic imine (C=N–C) groups is 1. The molecule has 1 aliphatic heterocycles. The topological polar surface area (TPSA) is 24.4 Å². The Bertz CT molecular complexity index is 365. The number of nitrogens with one attached hydrogen (secondary N) is 1. The van der Waals surface area contributed by atoms with E-state index in [0.29, 0.717) is 0 Å². The minimum atomic E-state index is 0.762. The number of hydrogen-bond acceptors (Lipinski definition) is 2. The molecular formula is C11H11ClN2. The minimum absolute atomic E-state index is 0.762. The average molecular weight is 207 g/mol. The second kappa shape index (κ2) is 4.29. The molecule has 0 amide bonds. The molecule has 1 aliphatic rings. The molecule has 0 aliphatic carbocycles. The van der Waals surface area contributed by atoms with Crippen LogP contribution in [-0.2, 0) is 0 Å². The molecule has 0 saturated heterocycles. The van der Waals surface area contributed by atoms with Crippen LogP contribution in [0.1, 0.15) is 5.56 Å². The molecule has 0 unspecified atom stereocenters. The lowest BCUT2D eigenvalue weighted by molar-refractivity contribution is 0.961. The molecule has 0 bridgehead atoms. The fourth-order valence-electron chi connectivity index (χ4n) is 1.28. The lowest BCUT2D eigenvalue weighted by Crippen LogP contribution is -2.15. The molecule has 1 N–H and O–H groups in total. The molecule has 72 valence electrons. The quantitative estimate of drug-likeness (QED) is 0.790. The summed E-state index contributed by atoms with van der Waals surface area (Å²) in [6.07, 6.45) is 4.00. The smallest absolute Gasteiger partial charge is 0.120 e. The van der Waals surface area contributed by atoms with Crippen molar-refractivity contribution in [1.82, 2.24) is 5.32 Å². The van der Waals surface area contributed by atoms with E-state index in [9.17, 15) is 0 Å². The Labute approximate surface area is 88.3 Å². The first-order valence-electron chi connectivity index (χ1n) is 4.56. The van der Waals surface area contributed by atoms with Gasteiger partial charge in [-0.25, -0.2) is 0 Å². The van der Waals surface area contributed by atoms with Crippen molar-refractivity contribution in [2.24, 2.45) is 4.99 Å². The predicted molar refractivity (Wildman–Crippen MR) is 60.8 cm³/mol. The molecular weight excluding hydrogens is 196 g/mol. The van der Waals surface area contributed by atoms with Crippen molar-refractivity contribution in [3.63, 3.8) is 0 Å². The minimum Gasteiger partial charge on any atom is -0.369 e. The number of rotatable bonds is 2. The van der Waals surface area contributed by atoms with E-state index in [1.54, 1.807) is 0 Å². The maximum atomic E-state index is 5.78. The van der Waals surface area contributed by atoms with Gasteiger partial charge < -0.3 is 5.32 Å². The molecule has 14 heavy (non-hydrogen) atoms. The molecule has 3 heteroatoms. The summed E-state index contributed by atoms with van der Waals surface area (Å²) in [6, 6.07) is 7.72. The van der Waals surface area contributed by atoms with Gasteiger partial charge in [-0.1, -0.05) is 29.8 Å². The maximum absolute atomic E-state index is 5.78. The Hall–Kier alpha value is -1.28. The van der Waals surface area contributed by atoms with E-state index in [1.807, 2.05) is 36.4 Å². The van der Waals surface area contributed by atoms with Gasteiger partial charge in [0.1, 0.15) is 5.84 Å². The Balaban J connectivity index is 2.06. The zero-order valence-corrected chi connectivity index (χ0v) is 8.46. The molecule has 0 spiro atoms. The van der Waals surface area contributed by atoms with Crippen molar-refractivity contribution >= 4 is 23.5 Å². The van der Waals surface area contributed by atoms with Crippen molar-refractivity contribution < 1.29 is 0 Å². The third-order valence-corrected chi connectivity index (χ3v) is 2.26. The Kier molecular flexibility index (Phi) is 2.84. The summed E-state index contributed by atoms with van der Waals surface area (Å²) >= 11 is 5.78. The van der Waals surface area contributed by atoms with Gasteiger partial charge >= 0.3 is 0 Å². The fraction of sp³-hybridized carbons (Fsp3) is 0.182. The highest BCUT2D eigenvalue weighted by Crippen LogP contribution is 2.10. The summed E-state index contributed by atoms with van der Waals surface area (Å²) in [5.41, 5.74) is 1.13. The molecule has 1 aromatic rings. The summed E-state index contributed by atoms with van der Waals surface area (Å²) in [4.78, 5) is 4.26. The maximum Gasteiger partial charge on any atom is 0.120 e. The molecule has 2 rings (SSSR count). The Morgan fingerprint density at radius 3 is 2.64 bits per heavy atom. The highest BCUT2D eigenvalue weighted by Gasteiger charge is 1.98. The summed E-state index contributed by atoms with van der Waals surface area (Å²) in [7, 11) is 0. The number of nitrogens with zero attached hydrogens (tertiary/aromatic N) is 1. The molecule has 0 aromatic heterocycles. The van der Waals surface area contributed by atoms with Crippen molar-refractivity contribution in [2.75, 3.05) is 13.1 Å². The zero-order valence-electron chi connectivity index (χ0n) is 7.70. The molecule has 0 radical (unpaired) electrons. The SMILES string of the molecule is Clc1ccc(/C=C/C2=NCCN2)cc1. The summed E-state index contributed by atoms with van der Waals surface area (Å²) < 4.78 is 0. The van der Waals surface area contributed by atoms with Crippen LogP contribution >= 0.6 is 11.6 Å². The fourth-order valence-corrected chi connectivity index (χ4v) is 1.40. The van der Waals surface area contributed by atoms with E-state index in [-0.39, 0.29) is 0 Å². The normalized spacial score (nSPS) is 15.6. The van der Waals surface area contributed by atoms with Gasteiger partial charge in [-0.15, -0.1) is 0 Å². The van der Waals surface area contributed by atoms with Crippen molar-refractivity contribution in [3.05, 3.63) is 40.9 Å². The molecule has 0 saturated carbocycles. The summed E-state index contributed by atoms with van der Waals surface area (Å²) in [6.45, 7) is 1.82. The lowest BCUT2D eigenvalue weighted by atomic mass is 10.2. The van der Waals surface area contributed by atoms with E-state index < -0.39 is 0 Å². The molecule has 1 heterocycles. The van der Waals surface area contributed by atoms with Crippen LogP contribution in [0.3, 0.4) is 0 Å². The van der Waals surface area contributed by atoms with E-state index in [1.165, 1.54) is 0 Å². The van der Waals surface area contributed by atoms with Gasteiger partial charge in [-0.3, -0.25) is 4.99 Å². The second-order valence-corrected chi connectivity index (χ2v) is 3.52. The first-order chi connectivity index (χ1) is 6.84. The molecule has 2 nitrogen and oxygen atoms in total. The van der Waals surface area contributed by atoms with Gasteiger partial charge in [0.05, 0.1) is 6.54 Å². The first kappa shape index (κ1) is 9.28. The monoisotopic (exact) mass is 206 g/mol. The lowest BCUT2D eigenvalue weighted by Gasteiger charge is -1.95. The second-order valence-electron chi connectivity index (χ2n) is 3.08. The van der Waals surface area contributed by atoms with Crippen molar-refractivity contribution in [1.29, 1.82) is 0 Å². The predicted octanol–water partition coefficient (Wildman–Crippen LogP) is 2.35. The van der Waals surface area contributed by atoms with Crippen molar-refractivity contribution in [2.45, 2.75) is 0 Å². The van der Waals surface area contributed by atoms with Crippen LogP contribution in [0.25, 0.3) is 6.08 Å². The number of hydrogen-bond donors (Lipinski definition) is 1. The van der Waals surface area contributed by atoms with Gasteiger partial charge in [0.25, 0.3) is 0 Å². The summed E-state index contributed by atoms with van der Waals surface area (Å²) in [5, 5.41) is 3.94. The zero-order chi connectivity index (χ0) is 9.80. The van der Waals surface area contributed by atoms with Gasteiger partial charge in [0.2, 0.25) is 0 Å². The van der Waals surface area contributed by atoms with Crippen LogP contribution in [-0.4, -0.2) is 18.9 Å². The molecule has 1 aromatic carbocycles. The van der Waals surface area contributed by atoms with Gasteiger partial charge in [0.15, 0.2) is 0 Å². The molecule has 0 fully saturated rings. The van der Waals surface area contributed by atoms with E-state index in [0.717, 1.165) is 29.5 Å². The first-order valence-corrected chi connectivity index (χ1v) is 4.94. The van der Waals surface area contributed by atoms with Gasteiger partial charge in [-0.05, 0) is 23.8 Å². The highest BCUT2D eigenvalue weighted by atomic mass is 35.5. The average Bonchev–Trinajstić information content (AvgIpc) is 2.70. The van der Waals surface area contributed by atoms with Crippen LogP contribution in [0.4, 0.5) is 0 Å². The standard InChI is InChI=1S/C11H11ClN2/c12-10-4-1-9(2-5-10)3-6-11-13-7-8-14-11/h1-6H,7-8H2,(H,13,14)/b6-3+. The van der Waals surface area contributed by atoms with Gasteiger partial charge in [0, 0.05) is 11.6 Å². The third kappa shape index (κ3) is 2.36. The summed E-state index contributed by atoms with van der Waals surface area (Å²) in [5.74, 6) is 0.958. The van der Waals surface area contributed by atoms with Crippen LogP contribution in [0.15, 0.2) is 35.3 Å². The highest BCUT2D eigenvalue weighted by molar-refractivity contribution is 6.30. The number of halogens is 1. The van der Waals surface area contributed by atoms with Crippen LogP contribution in [0.2, 0.25) is 5.02 Å². The van der Waals surface area contributed by atoms with Crippen LogP contribution in [0, 0.1) is 0 Å². The van der Waals surface area contributed by atoms with Crippen molar-refractivity contribution in [3.8, 4) is 0 Å². The number of benzene rings is 1. The van der Waals surface area contributed by atoms with Gasteiger partial charge in [-0.2, -0.15) is 0 Å².